The third-order valence-electron chi connectivity index (χ3n) is 3.77. The van der Waals surface area contributed by atoms with Crippen LogP contribution in [-0.2, 0) is 6.54 Å². The van der Waals surface area contributed by atoms with Gasteiger partial charge in [0.1, 0.15) is 5.76 Å². The minimum atomic E-state index is -0.963. The molecule has 0 radical (unpaired) electrons. The number of pyridine rings is 1. The molecular formula is C17H15F2N3O2. The number of anilines is 1. The highest BCUT2D eigenvalue weighted by atomic mass is 19.2. The summed E-state index contributed by atoms with van der Waals surface area (Å²) in [6.45, 7) is 3.61. The summed E-state index contributed by atoms with van der Waals surface area (Å²) in [4.78, 5) is 12.2. The molecule has 0 fully saturated rings. The Labute approximate surface area is 136 Å². The Hall–Kier alpha value is -2.96. The number of nitrogen functional groups attached to an aromatic ring is 1. The van der Waals surface area contributed by atoms with E-state index in [-0.39, 0.29) is 12.2 Å². The maximum atomic E-state index is 13.4. The molecular weight excluding hydrogens is 316 g/mol. The van der Waals surface area contributed by atoms with Crippen molar-refractivity contribution in [2.75, 3.05) is 5.73 Å². The molecule has 0 aliphatic rings. The lowest BCUT2D eigenvalue weighted by molar-refractivity contribution is 0.393. The van der Waals surface area contributed by atoms with E-state index in [0.29, 0.717) is 22.6 Å². The number of aryl methyl sites for hydroxylation is 2. The van der Waals surface area contributed by atoms with Crippen molar-refractivity contribution in [3.05, 3.63) is 69.5 Å². The topological polar surface area (TPSA) is 74.1 Å². The molecule has 0 amide bonds. The molecule has 0 aliphatic heterocycles. The van der Waals surface area contributed by atoms with Gasteiger partial charge in [0.2, 0.25) is 0 Å². The smallest absolute Gasteiger partial charge is 0.274 e. The van der Waals surface area contributed by atoms with E-state index in [0.717, 1.165) is 17.7 Å². The van der Waals surface area contributed by atoms with Crippen LogP contribution in [0.4, 0.5) is 14.5 Å². The molecule has 24 heavy (non-hydrogen) atoms. The number of hydrogen-bond donors (Lipinski definition) is 1. The van der Waals surface area contributed by atoms with E-state index in [4.69, 9.17) is 10.3 Å². The zero-order chi connectivity index (χ0) is 17.4. The molecule has 3 aromatic rings. The van der Waals surface area contributed by atoms with Crippen molar-refractivity contribution in [1.82, 2.24) is 9.72 Å². The van der Waals surface area contributed by atoms with Gasteiger partial charge < -0.3 is 14.8 Å². The van der Waals surface area contributed by atoms with Gasteiger partial charge in [-0.3, -0.25) is 4.79 Å². The second kappa shape index (κ2) is 5.92. The van der Waals surface area contributed by atoms with Crippen LogP contribution in [0.15, 0.2) is 39.8 Å². The molecule has 2 aromatic heterocycles. The number of halogens is 2. The van der Waals surface area contributed by atoms with E-state index >= 15 is 0 Å². The Balaban J connectivity index is 2.08. The predicted molar refractivity (Wildman–Crippen MR) is 85.5 cm³/mol. The van der Waals surface area contributed by atoms with Crippen LogP contribution in [0.3, 0.4) is 0 Å². The zero-order valence-corrected chi connectivity index (χ0v) is 13.1. The molecule has 0 spiro atoms. The van der Waals surface area contributed by atoms with Gasteiger partial charge in [0.15, 0.2) is 11.6 Å². The highest BCUT2D eigenvalue weighted by Gasteiger charge is 2.15. The first kappa shape index (κ1) is 15.9. The van der Waals surface area contributed by atoms with Gasteiger partial charge in [-0.1, -0.05) is 11.2 Å². The zero-order valence-electron chi connectivity index (χ0n) is 13.1. The van der Waals surface area contributed by atoms with Crippen LogP contribution in [0.2, 0.25) is 0 Å². The molecule has 7 heteroatoms. The maximum Gasteiger partial charge on any atom is 0.274 e. The Morgan fingerprint density at radius 3 is 2.58 bits per heavy atom. The van der Waals surface area contributed by atoms with Crippen LogP contribution in [0.25, 0.3) is 11.1 Å². The van der Waals surface area contributed by atoms with Crippen molar-refractivity contribution >= 4 is 5.69 Å². The fourth-order valence-corrected chi connectivity index (χ4v) is 2.64. The Morgan fingerprint density at radius 2 is 1.96 bits per heavy atom. The molecule has 0 saturated carbocycles. The largest absolute Gasteiger partial charge is 0.394 e. The first-order valence-corrected chi connectivity index (χ1v) is 7.24. The first-order chi connectivity index (χ1) is 11.4. The fourth-order valence-electron chi connectivity index (χ4n) is 2.64. The number of nitrogens with two attached hydrogens (primary N) is 1. The summed E-state index contributed by atoms with van der Waals surface area (Å²) in [7, 11) is 0. The van der Waals surface area contributed by atoms with Crippen molar-refractivity contribution in [1.29, 1.82) is 0 Å². The Kier molecular flexibility index (Phi) is 3.92. The van der Waals surface area contributed by atoms with E-state index in [2.05, 4.69) is 5.16 Å². The van der Waals surface area contributed by atoms with Crippen LogP contribution in [0.5, 0.6) is 0 Å². The maximum absolute atomic E-state index is 13.4. The SMILES string of the molecule is Cc1noc(C)c1-c1cc(N)c(=O)n(Cc2ccc(F)c(F)c2)c1. The van der Waals surface area contributed by atoms with Crippen LogP contribution in [0, 0.1) is 25.5 Å². The monoisotopic (exact) mass is 331 g/mol. The first-order valence-electron chi connectivity index (χ1n) is 7.24. The number of rotatable bonds is 3. The highest BCUT2D eigenvalue weighted by molar-refractivity contribution is 5.69. The van der Waals surface area contributed by atoms with Crippen molar-refractivity contribution in [2.24, 2.45) is 0 Å². The van der Waals surface area contributed by atoms with Gasteiger partial charge in [0.25, 0.3) is 5.56 Å². The summed E-state index contributed by atoms with van der Waals surface area (Å²) in [6.07, 6.45) is 1.60. The molecule has 0 atom stereocenters. The van der Waals surface area contributed by atoms with Gasteiger partial charge >= 0.3 is 0 Å². The molecule has 0 unspecified atom stereocenters. The fraction of sp³-hybridized carbons (Fsp3) is 0.176. The van der Waals surface area contributed by atoms with Crippen molar-refractivity contribution in [2.45, 2.75) is 20.4 Å². The molecule has 3 rings (SSSR count). The molecule has 124 valence electrons. The normalized spacial score (nSPS) is 11.0. The van der Waals surface area contributed by atoms with Crippen molar-refractivity contribution in [3.63, 3.8) is 0 Å². The average molecular weight is 331 g/mol. The Morgan fingerprint density at radius 1 is 1.21 bits per heavy atom. The lowest BCUT2D eigenvalue weighted by Gasteiger charge is -2.10. The summed E-state index contributed by atoms with van der Waals surface area (Å²) in [5.74, 6) is -1.30. The van der Waals surface area contributed by atoms with Crippen molar-refractivity contribution in [3.8, 4) is 11.1 Å². The minimum Gasteiger partial charge on any atom is -0.394 e. The summed E-state index contributed by atoms with van der Waals surface area (Å²) >= 11 is 0. The molecule has 2 heterocycles. The third kappa shape index (κ3) is 2.80. The number of hydrogen-bond acceptors (Lipinski definition) is 4. The predicted octanol–water partition coefficient (Wildman–Crippen LogP) is 3.03. The van der Waals surface area contributed by atoms with Gasteiger partial charge in [-0.05, 0) is 37.6 Å². The van der Waals surface area contributed by atoms with Crippen LogP contribution >= 0.6 is 0 Å². The summed E-state index contributed by atoms with van der Waals surface area (Å²) in [6, 6.07) is 5.05. The lowest BCUT2D eigenvalue weighted by Crippen LogP contribution is -2.23. The summed E-state index contributed by atoms with van der Waals surface area (Å²) in [5.41, 5.74) is 8.01. The van der Waals surface area contributed by atoms with Gasteiger partial charge in [0.05, 0.1) is 17.9 Å². The number of nitrogens with zero attached hydrogens (tertiary/aromatic N) is 2. The average Bonchev–Trinajstić information content (AvgIpc) is 2.86. The second-order valence-corrected chi connectivity index (χ2v) is 5.56. The lowest BCUT2D eigenvalue weighted by atomic mass is 10.1. The molecule has 5 nitrogen and oxygen atoms in total. The van der Waals surface area contributed by atoms with Crippen LogP contribution in [0.1, 0.15) is 17.0 Å². The molecule has 0 bridgehead atoms. The second-order valence-electron chi connectivity index (χ2n) is 5.56. The Bertz CT molecular complexity index is 957. The van der Waals surface area contributed by atoms with E-state index in [1.807, 2.05) is 0 Å². The van der Waals surface area contributed by atoms with Gasteiger partial charge in [-0.15, -0.1) is 0 Å². The van der Waals surface area contributed by atoms with E-state index < -0.39 is 17.2 Å². The molecule has 0 aliphatic carbocycles. The van der Waals surface area contributed by atoms with E-state index in [1.165, 1.54) is 10.6 Å². The van der Waals surface area contributed by atoms with Gasteiger partial charge in [-0.2, -0.15) is 0 Å². The molecule has 0 saturated heterocycles. The summed E-state index contributed by atoms with van der Waals surface area (Å²) in [5, 5.41) is 3.89. The van der Waals surface area contributed by atoms with Gasteiger partial charge in [-0.25, -0.2) is 8.78 Å². The standard InChI is InChI=1S/C17H15F2N3O2/c1-9-16(10(2)24-21-9)12-6-15(20)17(23)22(8-12)7-11-3-4-13(18)14(19)5-11/h3-6,8H,7,20H2,1-2H3. The quantitative estimate of drug-likeness (QED) is 0.800. The van der Waals surface area contributed by atoms with Crippen LogP contribution < -0.4 is 11.3 Å². The van der Waals surface area contributed by atoms with E-state index in [1.54, 1.807) is 26.1 Å². The number of aromatic nitrogens is 2. The van der Waals surface area contributed by atoms with E-state index in [9.17, 15) is 13.6 Å². The van der Waals surface area contributed by atoms with Crippen molar-refractivity contribution < 1.29 is 13.3 Å². The summed E-state index contributed by atoms with van der Waals surface area (Å²) < 4.78 is 32.9. The third-order valence-corrected chi connectivity index (χ3v) is 3.77. The number of benzene rings is 1. The molecule has 1 aromatic carbocycles. The molecule has 2 N–H and O–H groups in total. The minimum absolute atomic E-state index is 0.0510. The highest BCUT2D eigenvalue weighted by Crippen LogP contribution is 2.27. The van der Waals surface area contributed by atoms with Gasteiger partial charge in [0, 0.05) is 17.3 Å². The van der Waals surface area contributed by atoms with Crippen LogP contribution in [-0.4, -0.2) is 9.72 Å².